The van der Waals surface area contributed by atoms with E-state index in [0.29, 0.717) is 23.7 Å². The minimum atomic E-state index is -0.162. The standard InChI is InChI=1S/C28H43BrO5/c1-17(6-5-7-25(31)32-4)21-8-9-22-20-14-24-28(29)15-19(34-18(2)30)10-13-27(28,16-33-24)23(20)11-12-26(21,22)3/h17,19-24H,5-16H2,1-4H3/t17?,19-,20-,21+,22-,23-,24+,26+,27-,28-/m0/s1. The number of esters is 2. The van der Waals surface area contributed by atoms with Gasteiger partial charge in [0.2, 0.25) is 0 Å². The molecule has 34 heavy (non-hydrogen) atoms. The molecule has 5 aliphatic rings. The van der Waals surface area contributed by atoms with Gasteiger partial charge in [0.25, 0.3) is 0 Å². The summed E-state index contributed by atoms with van der Waals surface area (Å²) in [4.78, 5) is 23.2. The van der Waals surface area contributed by atoms with Gasteiger partial charge in [0, 0.05) is 25.2 Å². The molecule has 0 aromatic heterocycles. The van der Waals surface area contributed by atoms with Gasteiger partial charge < -0.3 is 14.2 Å². The highest BCUT2D eigenvalue weighted by Gasteiger charge is 2.72. The molecule has 0 aromatic carbocycles. The van der Waals surface area contributed by atoms with E-state index < -0.39 is 0 Å². The summed E-state index contributed by atoms with van der Waals surface area (Å²) in [6.45, 7) is 7.42. The molecule has 0 spiro atoms. The normalized spacial score (nSPS) is 47.8. The third-order valence-corrected chi connectivity index (χ3v) is 12.9. The molecule has 0 amide bonds. The van der Waals surface area contributed by atoms with Crippen LogP contribution in [0.4, 0.5) is 0 Å². The van der Waals surface area contributed by atoms with Crippen LogP contribution >= 0.6 is 15.9 Å². The van der Waals surface area contributed by atoms with Crippen molar-refractivity contribution in [1.82, 2.24) is 0 Å². The number of halogens is 1. The molecule has 5 fully saturated rings. The maximum Gasteiger partial charge on any atom is 0.305 e. The summed E-state index contributed by atoms with van der Waals surface area (Å²) < 4.78 is 17.1. The number of fused-ring (bicyclic) bond motifs is 3. The molecular weight excluding hydrogens is 496 g/mol. The van der Waals surface area contributed by atoms with Crippen LogP contribution in [-0.4, -0.2) is 42.2 Å². The van der Waals surface area contributed by atoms with Crippen molar-refractivity contribution in [2.45, 2.75) is 108 Å². The van der Waals surface area contributed by atoms with Crippen molar-refractivity contribution in [2.24, 2.45) is 40.4 Å². The second kappa shape index (κ2) is 9.04. The number of ether oxygens (including phenoxy) is 3. The highest BCUT2D eigenvalue weighted by atomic mass is 79.9. The van der Waals surface area contributed by atoms with E-state index in [2.05, 4.69) is 29.8 Å². The lowest BCUT2D eigenvalue weighted by molar-refractivity contribution is -0.154. The van der Waals surface area contributed by atoms with Crippen LogP contribution in [0.3, 0.4) is 0 Å². The molecule has 0 radical (unpaired) electrons. The van der Waals surface area contributed by atoms with Gasteiger partial charge in [0.05, 0.1) is 24.1 Å². The van der Waals surface area contributed by atoms with Crippen LogP contribution in [0.5, 0.6) is 0 Å². The van der Waals surface area contributed by atoms with E-state index >= 15 is 0 Å². The maximum atomic E-state index is 11.7. The molecule has 4 aliphatic carbocycles. The lowest BCUT2D eigenvalue weighted by atomic mass is 9.44. The fraction of sp³-hybridized carbons (Fsp3) is 0.929. The highest BCUT2D eigenvalue weighted by Crippen LogP contribution is 2.73. The molecule has 2 bridgehead atoms. The molecule has 4 saturated carbocycles. The maximum absolute atomic E-state index is 11.7. The zero-order valence-corrected chi connectivity index (χ0v) is 23.0. The van der Waals surface area contributed by atoms with Crippen molar-refractivity contribution in [3.8, 4) is 0 Å². The Hall–Kier alpha value is -0.620. The first kappa shape index (κ1) is 25.0. The summed E-state index contributed by atoms with van der Waals surface area (Å²) >= 11 is 4.26. The Bertz CT molecular complexity index is 817. The summed E-state index contributed by atoms with van der Waals surface area (Å²) in [5.74, 6) is 3.39. The van der Waals surface area contributed by atoms with Crippen molar-refractivity contribution in [1.29, 1.82) is 0 Å². The molecule has 5 nitrogen and oxygen atoms in total. The Kier molecular flexibility index (Phi) is 6.66. The van der Waals surface area contributed by atoms with Crippen molar-refractivity contribution in [2.75, 3.05) is 13.7 Å². The summed E-state index contributed by atoms with van der Waals surface area (Å²) in [6.07, 6.45) is 12.2. The predicted octanol–water partition coefficient (Wildman–Crippen LogP) is 6.06. The highest BCUT2D eigenvalue weighted by molar-refractivity contribution is 9.10. The SMILES string of the molecule is COC(=O)CCCC(C)[C@H]1CC[C@H]2[C@@H]3C[C@H]4OC[C@@]5(CC[C@H](OC(C)=O)C[C@]45Br)[C@H]3CC[C@]12C. The Morgan fingerprint density at radius 2 is 1.94 bits per heavy atom. The van der Waals surface area contributed by atoms with Crippen LogP contribution in [0, 0.1) is 40.4 Å². The average Bonchev–Trinajstić information content (AvgIpc) is 3.21. The van der Waals surface area contributed by atoms with E-state index in [1.807, 2.05) is 0 Å². The van der Waals surface area contributed by atoms with Crippen LogP contribution < -0.4 is 0 Å². The van der Waals surface area contributed by atoms with Gasteiger partial charge in [-0.05, 0) is 92.8 Å². The van der Waals surface area contributed by atoms with Gasteiger partial charge >= 0.3 is 11.9 Å². The molecular formula is C28H43BrO5. The van der Waals surface area contributed by atoms with E-state index in [1.54, 1.807) is 0 Å². The van der Waals surface area contributed by atoms with E-state index in [0.717, 1.165) is 62.9 Å². The Labute approximate surface area is 213 Å². The van der Waals surface area contributed by atoms with Crippen molar-refractivity contribution in [3.05, 3.63) is 0 Å². The third kappa shape index (κ3) is 3.71. The first-order valence-electron chi connectivity index (χ1n) is 13.7. The van der Waals surface area contributed by atoms with Crippen LogP contribution in [0.25, 0.3) is 0 Å². The molecule has 1 aliphatic heterocycles. The minimum absolute atomic E-state index is 0.0151. The topological polar surface area (TPSA) is 61.8 Å². The summed E-state index contributed by atoms with van der Waals surface area (Å²) in [5.41, 5.74) is 0.589. The van der Waals surface area contributed by atoms with E-state index in [9.17, 15) is 9.59 Å². The lowest BCUT2D eigenvalue weighted by Crippen LogP contribution is -2.63. The van der Waals surface area contributed by atoms with Gasteiger partial charge in [-0.2, -0.15) is 0 Å². The largest absolute Gasteiger partial charge is 0.469 e. The van der Waals surface area contributed by atoms with Gasteiger partial charge in [-0.25, -0.2) is 0 Å². The van der Waals surface area contributed by atoms with E-state index in [4.69, 9.17) is 14.2 Å². The predicted molar refractivity (Wildman–Crippen MR) is 133 cm³/mol. The summed E-state index contributed by atoms with van der Waals surface area (Å²) in [6, 6.07) is 0. The Morgan fingerprint density at radius 1 is 1.15 bits per heavy atom. The number of rotatable bonds is 6. The number of hydrogen-bond acceptors (Lipinski definition) is 5. The first-order valence-corrected chi connectivity index (χ1v) is 14.5. The van der Waals surface area contributed by atoms with Crippen molar-refractivity contribution >= 4 is 27.9 Å². The fourth-order valence-corrected chi connectivity index (χ4v) is 11.2. The molecule has 5 rings (SSSR count). The average molecular weight is 540 g/mol. The van der Waals surface area contributed by atoms with Crippen molar-refractivity contribution in [3.63, 3.8) is 0 Å². The smallest absolute Gasteiger partial charge is 0.305 e. The molecule has 1 unspecified atom stereocenters. The second-order valence-electron chi connectivity index (χ2n) is 12.6. The number of methoxy groups -OCH3 is 1. The number of alkyl halides is 1. The third-order valence-electron chi connectivity index (χ3n) is 11.3. The monoisotopic (exact) mass is 538 g/mol. The first-order chi connectivity index (χ1) is 16.1. The lowest BCUT2D eigenvalue weighted by Gasteiger charge is -2.63. The van der Waals surface area contributed by atoms with E-state index in [-0.39, 0.29) is 33.9 Å². The van der Waals surface area contributed by atoms with Crippen LogP contribution in [-0.2, 0) is 23.8 Å². The Morgan fingerprint density at radius 3 is 2.68 bits per heavy atom. The minimum Gasteiger partial charge on any atom is -0.469 e. The molecule has 0 N–H and O–H groups in total. The molecule has 192 valence electrons. The molecule has 1 saturated heterocycles. The molecule has 6 heteroatoms. The van der Waals surface area contributed by atoms with Gasteiger partial charge in [-0.15, -0.1) is 0 Å². The molecule has 10 atom stereocenters. The quantitative estimate of drug-likeness (QED) is 0.303. The van der Waals surface area contributed by atoms with Gasteiger partial charge in [0.1, 0.15) is 6.10 Å². The number of hydrogen-bond donors (Lipinski definition) is 0. The fourth-order valence-electron chi connectivity index (χ4n) is 9.88. The van der Waals surface area contributed by atoms with Crippen LogP contribution in [0.2, 0.25) is 0 Å². The number of carbonyl (C=O) groups is 2. The summed E-state index contributed by atoms with van der Waals surface area (Å²) in [5, 5.41) is 0. The molecule has 0 aromatic rings. The zero-order chi connectivity index (χ0) is 24.3. The second-order valence-corrected chi connectivity index (χ2v) is 14.0. The van der Waals surface area contributed by atoms with Gasteiger partial charge in [0.15, 0.2) is 0 Å². The Balaban J connectivity index is 1.32. The van der Waals surface area contributed by atoms with Gasteiger partial charge in [-0.1, -0.05) is 29.8 Å². The number of carbonyl (C=O) groups excluding carboxylic acids is 2. The summed E-state index contributed by atoms with van der Waals surface area (Å²) in [7, 11) is 1.48. The van der Waals surface area contributed by atoms with Crippen LogP contribution in [0.15, 0.2) is 0 Å². The van der Waals surface area contributed by atoms with Gasteiger partial charge in [-0.3, -0.25) is 9.59 Å². The van der Waals surface area contributed by atoms with E-state index in [1.165, 1.54) is 39.7 Å². The van der Waals surface area contributed by atoms with Crippen molar-refractivity contribution < 1.29 is 23.8 Å². The van der Waals surface area contributed by atoms with Crippen LogP contribution in [0.1, 0.15) is 91.4 Å². The zero-order valence-electron chi connectivity index (χ0n) is 21.4. The molecule has 1 heterocycles.